The van der Waals surface area contributed by atoms with Gasteiger partial charge in [-0.3, -0.25) is 9.69 Å². The number of likely N-dealkylation sites (tertiary alicyclic amines) is 1. The van der Waals surface area contributed by atoms with Gasteiger partial charge in [0.1, 0.15) is 6.10 Å². The zero-order valence-corrected chi connectivity index (χ0v) is 13.2. The molecule has 2 saturated heterocycles. The molecule has 21 heavy (non-hydrogen) atoms. The number of nitrogens with one attached hydrogen (secondary N) is 1. The van der Waals surface area contributed by atoms with Gasteiger partial charge in [0.25, 0.3) is 0 Å². The minimum atomic E-state index is -0.392. The maximum Gasteiger partial charge on any atom is 0.249 e. The molecule has 4 atom stereocenters. The van der Waals surface area contributed by atoms with Gasteiger partial charge in [0, 0.05) is 31.8 Å². The standard InChI is InChI=1S/C16H28N2O3/c1-11-8-18(13-5-6-13)9-15(11)17-16(19)12(2)21-10-14-4-3-7-20-14/h11-15H,3-10H2,1-2H3,(H,17,19). The van der Waals surface area contributed by atoms with Crippen molar-refractivity contribution in [1.82, 2.24) is 10.2 Å². The summed E-state index contributed by atoms with van der Waals surface area (Å²) >= 11 is 0. The highest BCUT2D eigenvalue weighted by Gasteiger charge is 2.39. The number of amides is 1. The van der Waals surface area contributed by atoms with Crippen LogP contribution in [-0.4, -0.2) is 61.4 Å². The summed E-state index contributed by atoms with van der Waals surface area (Å²) in [5.41, 5.74) is 0. The topological polar surface area (TPSA) is 50.8 Å². The van der Waals surface area contributed by atoms with E-state index in [0.717, 1.165) is 38.6 Å². The molecule has 0 spiro atoms. The van der Waals surface area contributed by atoms with E-state index in [4.69, 9.17) is 9.47 Å². The van der Waals surface area contributed by atoms with Crippen molar-refractivity contribution in [1.29, 1.82) is 0 Å². The van der Waals surface area contributed by atoms with Crippen LogP contribution in [0.4, 0.5) is 0 Å². The Hall–Kier alpha value is -0.650. The van der Waals surface area contributed by atoms with Gasteiger partial charge in [0.2, 0.25) is 5.91 Å². The van der Waals surface area contributed by atoms with Gasteiger partial charge >= 0.3 is 0 Å². The fourth-order valence-electron chi connectivity index (χ4n) is 3.33. The number of nitrogens with zero attached hydrogens (tertiary/aromatic N) is 1. The first-order valence-electron chi connectivity index (χ1n) is 8.41. The van der Waals surface area contributed by atoms with E-state index in [-0.39, 0.29) is 18.1 Å². The van der Waals surface area contributed by atoms with Gasteiger partial charge in [-0.1, -0.05) is 6.92 Å². The lowest BCUT2D eigenvalue weighted by Gasteiger charge is -2.21. The monoisotopic (exact) mass is 296 g/mol. The molecule has 0 aromatic heterocycles. The second kappa shape index (κ2) is 6.63. The molecule has 1 aliphatic carbocycles. The SMILES string of the molecule is CC(OCC1CCCO1)C(=O)NC1CN(C2CC2)CC1C. The Morgan fingerprint density at radius 3 is 2.86 bits per heavy atom. The maximum absolute atomic E-state index is 12.2. The first kappa shape index (κ1) is 15.3. The van der Waals surface area contributed by atoms with Crippen LogP contribution in [0.5, 0.6) is 0 Å². The van der Waals surface area contributed by atoms with Crippen LogP contribution >= 0.6 is 0 Å². The minimum absolute atomic E-state index is 0.0162. The van der Waals surface area contributed by atoms with Gasteiger partial charge in [-0.15, -0.1) is 0 Å². The van der Waals surface area contributed by atoms with Crippen LogP contribution in [0, 0.1) is 5.92 Å². The van der Waals surface area contributed by atoms with Crippen molar-refractivity contribution in [2.24, 2.45) is 5.92 Å². The highest BCUT2D eigenvalue weighted by molar-refractivity contribution is 5.80. The molecule has 0 aromatic rings. The Bertz CT molecular complexity index is 367. The zero-order valence-electron chi connectivity index (χ0n) is 13.2. The van der Waals surface area contributed by atoms with Gasteiger partial charge in [-0.25, -0.2) is 0 Å². The number of rotatable bonds is 6. The molecule has 2 aliphatic heterocycles. The van der Waals surface area contributed by atoms with E-state index in [9.17, 15) is 4.79 Å². The average molecular weight is 296 g/mol. The Morgan fingerprint density at radius 1 is 1.38 bits per heavy atom. The van der Waals surface area contributed by atoms with Crippen LogP contribution in [0.15, 0.2) is 0 Å². The van der Waals surface area contributed by atoms with Crippen LogP contribution in [0.25, 0.3) is 0 Å². The molecule has 5 nitrogen and oxygen atoms in total. The zero-order chi connectivity index (χ0) is 14.8. The molecule has 4 unspecified atom stereocenters. The molecule has 5 heteroatoms. The van der Waals surface area contributed by atoms with Crippen LogP contribution < -0.4 is 5.32 Å². The van der Waals surface area contributed by atoms with Gasteiger partial charge in [0.15, 0.2) is 0 Å². The predicted octanol–water partition coefficient (Wildman–Crippen LogP) is 1.17. The van der Waals surface area contributed by atoms with E-state index in [1.165, 1.54) is 12.8 Å². The summed E-state index contributed by atoms with van der Waals surface area (Å²) in [6.45, 7) is 7.53. The molecule has 3 aliphatic rings. The highest BCUT2D eigenvalue weighted by atomic mass is 16.5. The lowest BCUT2D eigenvalue weighted by atomic mass is 10.1. The third-order valence-electron chi connectivity index (χ3n) is 4.96. The summed E-state index contributed by atoms with van der Waals surface area (Å²) < 4.78 is 11.2. The van der Waals surface area contributed by atoms with Gasteiger partial charge in [-0.05, 0) is 38.5 Å². The fraction of sp³-hybridized carbons (Fsp3) is 0.938. The summed E-state index contributed by atoms with van der Waals surface area (Å²) in [6.07, 6.45) is 4.59. The van der Waals surface area contributed by atoms with E-state index in [2.05, 4.69) is 17.1 Å². The van der Waals surface area contributed by atoms with Crippen LogP contribution in [0.3, 0.4) is 0 Å². The predicted molar refractivity (Wildman–Crippen MR) is 80.1 cm³/mol. The summed E-state index contributed by atoms with van der Waals surface area (Å²) in [4.78, 5) is 14.8. The maximum atomic E-state index is 12.2. The molecule has 2 heterocycles. The Labute approximate surface area is 127 Å². The van der Waals surface area contributed by atoms with Crippen molar-refractivity contribution in [2.75, 3.05) is 26.3 Å². The smallest absolute Gasteiger partial charge is 0.249 e. The third kappa shape index (κ3) is 3.96. The number of hydrogen-bond acceptors (Lipinski definition) is 4. The second-order valence-corrected chi connectivity index (χ2v) is 6.89. The van der Waals surface area contributed by atoms with E-state index in [1.54, 1.807) is 0 Å². The molecule has 1 amide bonds. The summed E-state index contributed by atoms with van der Waals surface area (Å²) in [6, 6.07) is 1.05. The van der Waals surface area contributed by atoms with E-state index in [0.29, 0.717) is 12.5 Å². The van der Waals surface area contributed by atoms with Crippen molar-refractivity contribution >= 4 is 5.91 Å². The van der Waals surface area contributed by atoms with Gasteiger partial charge < -0.3 is 14.8 Å². The first-order chi connectivity index (χ1) is 10.1. The van der Waals surface area contributed by atoms with Crippen LogP contribution in [0.1, 0.15) is 39.5 Å². The molecule has 0 bridgehead atoms. The molecule has 0 aromatic carbocycles. The van der Waals surface area contributed by atoms with Crippen molar-refractivity contribution in [2.45, 2.75) is 63.8 Å². The molecular formula is C16H28N2O3. The number of ether oxygens (including phenoxy) is 2. The highest BCUT2D eigenvalue weighted by Crippen LogP contribution is 2.31. The largest absolute Gasteiger partial charge is 0.376 e. The number of carbonyl (C=O) groups is 1. The van der Waals surface area contributed by atoms with E-state index >= 15 is 0 Å². The van der Waals surface area contributed by atoms with Crippen molar-refractivity contribution in [3.8, 4) is 0 Å². The first-order valence-corrected chi connectivity index (χ1v) is 8.41. The lowest BCUT2D eigenvalue weighted by Crippen LogP contribution is -2.45. The fourth-order valence-corrected chi connectivity index (χ4v) is 3.33. The summed E-state index contributed by atoms with van der Waals surface area (Å²) in [7, 11) is 0. The average Bonchev–Trinajstić information content (AvgIpc) is 3.07. The summed E-state index contributed by atoms with van der Waals surface area (Å²) in [5, 5.41) is 3.17. The second-order valence-electron chi connectivity index (χ2n) is 6.89. The number of hydrogen-bond donors (Lipinski definition) is 1. The molecular weight excluding hydrogens is 268 g/mol. The normalized spacial score (nSPS) is 35.0. The minimum Gasteiger partial charge on any atom is -0.376 e. The van der Waals surface area contributed by atoms with Crippen molar-refractivity contribution < 1.29 is 14.3 Å². The third-order valence-corrected chi connectivity index (χ3v) is 4.96. The van der Waals surface area contributed by atoms with E-state index < -0.39 is 6.10 Å². The van der Waals surface area contributed by atoms with Crippen LogP contribution in [0.2, 0.25) is 0 Å². The Morgan fingerprint density at radius 2 is 2.19 bits per heavy atom. The molecule has 3 rings (SSSR count). The molecule has 0 radical (unpaired) electrons. The Kier molecular flexibility index (Phi) is 4.82. The Balaban J connectivity index is 1.40. The van der Waals surface area contributed by atoms with Crippen LogP contribution in [-0.2, 0) is 14.3 Å². The molecule has 3 fully saturated rings. The van der Waals surface area contributed by atoms with Crippen molar-refractivity contribution in [3.05, 3.63) is 0 Å². The van der Waals surface area contributed by atoms with Crippen molar-refractivity contribution in [3.63, 3.8) is 0 Å². The van der Waals surface area contributed by atoms with Gasteiger partial charge in [0.05, 0.1) is 12.7 Å². The quantitative estimate of drug-likeness (QED) is 0.799. The summed E-state index contributed by atoms with van der Waals surface area (Å²) in [5.74, 6) is 0.544. The molecule has 1 N–H and O–H groups in total. The number of carbonyl (C=O) groups excluding carboxylic acids is 1. The molecule has 120 valence electrons. The lowest BCUT2D eigenvalue weighted by molar-refractivity contribution is -0.134. The van der Waals surface area contributed by atoms with E-state index in [1.807, 2.05) is 6.92 Å². The molecule has 1 saturated carbocycles. The van der Waals surface area contributed by atoms with Gasteiger partial charge in [-0.2, -0.15) is 0 Å².